The number of aromatic amines is 1. The molecular weight excluding hydrogens is 126 g/mol. The molecule has 10 heavy (non-hydrogen) atoms. The lowest BCUT2D eigenvalue weighted by Crippen LogP contribution is -2.20. The lowest BCUT2D eigenvalue weighted by atomic mass is 10.2. The van der Waals surface area contributed by atoms with E-state index in [9.17, 15) is 0 Å². The lowest BCUT2D eigenvalue weighted by molar-refractivity contribution is 0.816. The fourth-order valence-electron chi connectivity index (χ4n) is 0.692. The Morgan fingerprint density at radius 1 is 1.90 bits per heavy atom. The van der Waals surface area contributed by atoms with E-state index >= 15 is 0 Å². The fourth-order valence-corrected chi connectivity index (χ4v) is 0.692. The number of H-pyrrole nitrogens is 1. The molecule has 0 aliphatic rings. The van der Waals surface area contributed by atoms with E-state index in [4.69, 9.17) is 12.2 Å². The van der Waals surface area contributed by atoms with E-state index in [1.165, 1.54) is 0 Å². The standard InChI is InChI=1S/C7H9N3/c1-2-6(8)3-7-4-9-5-10-7/h1,4-6H,3,8H2,(H,9,10). The van der Waals surface area contributed by atoms with Crippen molar-refractivity contribution in [2.45, 2.75) is 12.5 Å². The van der Waals surface area contributed by atoms with Gasteiger partial charge in [-0.3, -0.25) is 0 Å². The Morgan fingerprint density at radius 2 is 2.70 bits per heavy atom. The molecule has 1 unspecified atom stereocenters. The number of aromatic nitrogens is 2. The average molecular weight is 135 g/mol. The highest BCUT2D eigenvalue weighted by atomic mass is 14.9. The van der Waals surface area contributed by atoms with Gasteiger partial charge in [-0.25, -0.2) is 4.98 Å². The second-order valence-electron chi connectivity index (χ2n) is 2.05. The molecule has 0 amide bonds. The molecule has 0 spiro atoms. The summed E-state index contributed by atoms with van der Waals surface area (Å²) < 4.78 is 0. The molecule has 0 aliphatic heterocycles. The summed E-state index contributed by atoms with van der Waals surface area (Å²) in [4.78, 5) is 6.75. The minimum Gasteiger partial charge on any atom is -0.348 e. The minimum atomic E-state index is -0.208. The smallest absolute Gasteiger partial charge is 0.0921 e. The molecule has 0 fully saturated rings. The van der Waals surface area contributed by atoms with Gasteiger partial charge in [0.25, 0.3) is 0 Å². The van der Waals surface area contributed by atoms with E-state index in [1.54, 1.807) is 12.5 Å². The van der Waals surface area contributed by atoms with Gasteiger partial charge in [0.1, 0.15) is 0 Å². The van der Waals surface area contributed by atoms with Crippen LogP contribution in [0, 0.1) is 12.3 Å². The molecule has 1 aromatic rings. The highest BCUT2D eigenvalue weighted by molar-refractivity contribution is 5.06. The van der Waals surface area contributed by atoms with Crippen LogP contribution in [-0.4, -0.2) is 16.0 Å². The summed E-state index contributed by atoms with van der Waals surface area (Å²) in [5.74, 6) is 2.43. The van der Waals surface area contributed by atoms with Crippen molar-refractivity contribution in [3.05, 3.63) is 18.2 Å². The summed E-state index contributed by atoms with van der Waals surface area (Å²) in [6.07, 6.45) is 9.07. The number of hydrogen-bond donors (Lipinski definition) is 2. The maximum Gasteiger partial charge on any atom is 0.0921 e. The zero-order valence-electron chi connectivity index (χ0n) is 5.54. The molecule has 1 heterocycles. The zero-order chi connectivity index (χ0) is 7.40. The molecule has 0 saturated carbocycles. The van der Waals surface area contributed by atoms with Gasteiger partial charge in [-0.05, 0) is 0 Å². The topological polar surface area (TPSA) is 54.7 Å². The van der Waals surface area contributed by atoms with Crippen molar-refractivity contribution in [1.29, 1.82) is 0 Å². The third kappa shape index (κ3) is 1.61. The van der Waals surface area contributed by atoms with E-state index in [1.807, 2.05) is 0 Å². The Bertz CT molecular complexity index is 219. The molecule has 52 valence electrons. The van der Waals surface area contributed by atoms with E-state index in [0.717, 1.165) is 5.69 Å². The highest BCUT2D eigenvalue weighted by Crippen LogP contribution is 1.93. The predicted molar refractivity (Wildman–Crippen MR) is 39.1 cm³/mol. The van der Waals surface area contributed by atoms with Gasteiger partial charge in [0.2, 0.25) is 0 Å². The molecule has 0 aliphatic carbocycles. The van der Waals surface area contributed by atoms with Crippen molar-refractivity contribution >= 4 is 0 Å². The Balaban J connectivity index is 2.50. The third-order valence-corrected chi connectivity index (χ3v) is 1.21. The Hall–Kier alpha value is -1.27. The number of terminal acetylenes is 1. The zero-order valence-corrected chi connectivity index (χ0v) is 5.54. The molecule has 0 saturated heterocycles. The molecule has 1 atom stereocenters. The Morgan fingerprint density at radius 3 is 3.20 bits per heavy atom. The van der Waals surface area contributed by atoms with Crippen LogP contribution in [0.2, 0.25) is 0 Å². The number of hydrogen-bond acceptors (Lipinski definition) is 2. The quantitative estimate of drug-likeness (QED) is 0.557. The molecule has 0 bridgehead atoms. The lowest BCUT2D eigenvalue weighted by Gasteiger charge is -1.98. The molecule has 1 aromatic heterocycles. The molecule has 3 N–H and O–H groups in total. The van der Waals surface area contributed by atoms with E-state index in [0.29, 0.717) is 6.42 Å². The number of nitrogens with two attached hydrogens (primary N) is 1. The number of imidazole rings is 1. The van der Waals surface area contributed by atoms with Crippen molar-refractivity contribution in [3.8, 4) is 12.3 Å². The molecule has 3 nitrogen and oxygen atoms in total. The van der Waals surface area contributed by atoms with Crippen molar-refractivity contribution in [3.63, 3.8) is 0 Å². The van der Waals surface area contributed by atoms with Crippen molar-refractivity contribution in [2.75, 3.05) is 0 Å². The second kappa shape index (κ2) is 3.04. The largest absolute Gasteiger partial charge is 0.348 e. The summed E-state index contributed by atoms with van der Waals surface area (Å²) in [5, 5.41) is 0. The number of nitrogens with zero attached hydrogens (tertiary/aromatic N) is 1. The van der Waals surface area contributed by atoms with E-state index in [2.05, 4.69) is 15.9 Å². The maximum absolute atomic E-state index is 5.48. The minimum absolute atomic E-state index is 0.208. The summed E-state index contributed by atoms with van der Waals surface area (Å²) in [6, 6.07) is -0.208. The third-order valence-electron chi connectivity index (χ3n) is 1.21. The first-order valence-electron chi connectivity index (χ1n) is 3.02. The van der Waals surface area contributed by atoms with Gasteiger partial charge < -0.3 is 10.7 Å². The van der Waals surface area contributed by atoms with Crippen LogP contribution in [0.3, 0.4) is 0 Å². The first-order valence-corrected chi connectivity index (χ1v) is 3.02. The maximum atomic E-state index is 5.48. The van der Waals surface area contributed by atoms with Crippen LogP contribution < -0.4 is 5.73 Å². The van der Waals surface area contributed by atoms with Crippen LogP contribution >= 0.6 is 0 Å². The normalized spacial score (nSPS) is 12.4. The molecule has 0 aromatic carbocycles. The Kier molecular flexibility index (Phi) is 2.08. The summed E-state index contributed by atoms with van der Waals surface area (Å²) in [7, 11) is 0. The van der Waals surface area contributed by atoms with Crippen molar-refractivity contribution < 1.29 is 0 Å². The van der Waals surface area contributed by atoms with Crippen LogP contribution in [0.1, 0.15) is 5.69 Å². The van der Waals surface area contributed by atoms with Crippen LogP contribution in [0.5, 0.6) is 0 Å². The van der Waals surface area contributed by atoms with Gasteiger partial charge in [-0.2, -0.15) is 0 Å². The van der Waals surface area contributed by atoms with Crippen LogP contribution in [0.25, 0.3) is 0 Å². The van der Waals surface area contributed by atoms with Gasteiger partial charge in [-0.15, -0.1) is 6.42 Å². The van der Waals surface area contributed by atoms with Gasteiger partial charge >= 0.3 is 0 Å². The fraction of sp³-hybridized carbons (Fsp3) is 0.286. The van der Waals surface area contributed by atoms with Crippen LogP contribution in [0.15, 0.2) is 12.5 Å². The average Bonchev–Trinajstić information content (AvgIpc) is 2.40. The summed E-state index contributed by atoms with van der Waals surface area (Å²) >= 11 is 0. The molecular formula is C7H9N3. The van der Waals surface area contributed by atoms with Gasteiger partial charge in [0.05, 0.1) is 12.4 Å². The van der Waals surface area contributed by atoms with Crippen LogP contribution in [0.4, 0.5) is 0 Å². The van der Waals surface area contributed by atoms with Crippen LogP contribution in [-0.2, 0) is 6.42 Å². The van der Waals surface area contributed by atoms with Crippen molar-refractivity contribution in [1.82, 2.24) is 9.97 Å². The molecule has 1 rings (SSSR count). The summed E-state index contributed by atoms with van der Waals surface area (Å²) in [5.41, 5.74) is 6.46. The first-order chi connectivity index (χ1) is 4.83. The number of rotatable bonds is 2. The Labute approximate surface area is 59.7 Å². The highest BCUT2D eigenvalue weighted by Gasteiger charge is 1.99. The SMILES string of the molecule is C#CC(N)Cc1cnc[nH]1. The van der Waals surface area contributed by atoms with Gasteiger partial charge in [-0.1, -0.05) is 5.92 Å². The first kappa shape index (κ1) is 6.84. The second-order valence-corrected chi connectivity index (χ2v) is 2.05. The summed E-state index contributed by atoms with van der Waals surface area (Å²) in [6.45, 7) is 0. The van der Waals surface area contributed by atoms with Crippen molar-refractivity contribution in [2.24, 2.45) is 5.73 Å². The van der Waals surface area contributed by atoms with Gasteiger partial charge in [0, 0.05) is 18.3 Å². The van der Waals surface area contributed by atoms with E-state index < -0.39 is 0 Å². The monoisotopic (exact) mass is 135 g/mol. The van der Waals surface area contributed by atoms with E-state index in [-0.39, 0.29) is 6.04 Å². The predicted octanol–water partition coefficient (Wildman–Crippen LogP) is -0.0873. The van der Waals surface area contributed by atoms with Gasteiger partial charge in [0.15, 0.2) is 0 Å². The molecule has 0 radical (unpaired) electrons. The molecule has 3 heteroatoms. The number of nitrogens with one attached hydrogen (secondary N) is 1.